The highest BCUT2D eigenvalue weighted by molar-refractivity contribution is 7.11. The van der Waals surface area contributed by atoms with Crippen LogP contribution in [0.15, 0.2) is 24.4 Å². The highest BCUT2D eigenvalue weighted by Gasteiger charge is 2.00. The molecular formula is C13H23NS. The highest BCUT2D eigenvalue weighted by Crippen LogP contribution is 2.15. The van der Waals surface area contributed by atoms with Gasteiger partial charge >= 0.3 is 0 Å². The summed E-state index contributed by atoms with van der Waals surface area (Å²) >= 11 is 1.84. The zero-order valence-corrected chi connectivity index (χ0v) is 11.4. The second-order valence-corrected chi connectivity index (χ2v) is 4.92. The monoisotopic (exact) mass is 225 g/mol. The molecule has 0 unspecified atom stereocenters. The summed E-state index contributed by atoms with van der Waals surface area (Å²) in [5.41, 5.74) is 1.12. The van der Waals surface area contributed by atoms with Gasteiger partial charge in [-0.1, -0.05) is 34.3 Å². The van der Waals surface area contributed by atoms with E-state index in [1.807, 2.05) is 25.2 Å². The molecular weight excluding hydrogens is 202 g/mol. The van der Waals surface area contributed by atoms with Gasteiger partial charge in [-0.3, -0.25) is 0 Å². The van der Waals surface area contributed by atoms with Crippen molar-refractivity contribution in [2.45, 2.75) is 41.2 Å². The number of hydrogen-bond acceptors (Lipinski definition) is 2. The fraction of sp³-hybridized carbons (Fsp3) is 0.538. The lowest BCUT2D eigenvalue weighted by molar-refractivity contribution is 0.659. The van der Waals surface area contributed by atoms with E-state index in [4.69, 9.17) is 0 Å². The fourth-order valence-electron chi connectivity index (χ4n) is 0.985. The summed E-state index contributed by atoms with van der Waals surface area (Å²) in [4.78, 5) is 2.74. The molecule has 86 valence electrons. The van der Waals surface area contributed by atoms with Crippen LogP contribution in [0.3, 0.4) is 0 Å². The molecule has 2 heteroatoms. The third-order valence-electron chi connectivity index (χ3n) is 1.98. The Morgan fingerprint density at radius 1 is 1.40 bits per heavy atom. The van der Waals surface area contributed by atoms with Crippen LogP contribution in [0.5, 0.6) is 0 Å². The molecule has 0 spiro atoms. The van der Waals surface area contributed by atoms with Crippen LogP contribution < -0.4 is 5.32 Å². The lowest BCUT2D eigenvalue weighted by atomic mass is 10.1. The largest absolute Gasteiger partial charge is 0.384 e. The normalized spacial score (nSPS) is 9.47. The third kappa shape index (κ3) is 5.63. The predicted octanol–water partition coefficient (Wildman–Crippen LogP) is 4.34. The first kappa shape index (κ1) is 14.2. The highest BCUT2D eigenvalue weighted by atomic mass is 32.1. The molecule has 0 saturated carbocycles. The van der Waals surface area contributed by atoms with Gasteiger partial charge in [0.05, 0.1) is 0 Å². The van der Waals surface area contributed by atoms with Crippen molar-refractivity contribution >= 4 is 11.3 Å². The molecule has 1 N–H and O–H groups in total. The number of rotatable bonds is 4. The zero-order valence-electron chi connectivity index (χ0n) is 10.6. The molecule has 0 aliphatic rings. The van der Waals surface area contributed by atoms with E-state index < -0.39 is 0 Å². The van der Waals surface area contributed by atoms with Gasteiger partial charge in [-0.05, 0) is 25.0 Å². The van der Waals surface area contributed by atoms with Gasteiger partial charge in [-0.2, -0.15) is 0 Å². The summed E-state index contributed by atoms with van der Waals surface area (Å²) in [5, 5.41) is 3.33. The van der Waals surface area contributed by atoms with Gasteiger partial charge in [0.2, 0.25) is 0 Å². The van der Waals surface area contributed by atoms with Crippen LogP contribution in [0, 0.1) is 12.8 Å². The predicted molar refractivity (Wildman–Crippen MR) is 71.2 cm³/mol. The Morgan fingerprint density at radius 3 is 2.40 bits per heavy atom. The van der Waals surface area contributed by atoms with Crippen LogP contribution in [-0.2, 0) is 6.54 Å². The minimum Gasteiger partial charge on any atom is -0.384 e. The molecule has 1 rings (SSSR count). The maximum absolute atomic E-state index is 3.97. The van der Waals surface area contributed by atoms with Crippen molar-refractivity contribution in [3.63, 3.8) is 0 Å². The van der Waals surface area contributed by atoms with Crippen molar-refractivity contribution in [2.75, 3.05) is 0 Å². The number of aryl methyl sites for hydroxylation is 1. The molecule has 0 aliphatic heterocycles. The molecule has 1 aromatic rings. The van der Waals surface area contributed by atoms with Crippen molar-refractivity contribution in [1.82, 2.24) is 5.32 Å². The van der Waals surface area contributed by atoms with Crippen LogP contribution >= 0.6 is 11.3 Å². The number of nitrogens with one attached hydrogen (secondary N) is 1. The van der Waals surface area contributed by atoms with Crippen LogP contribution in [0.1, 0.15) is 37.4 Å². The summed E-state index contributed by atoms with van der Waals surface area (Å²) < 4.78 is 0. The molecule has 0 radical (unpaired) electrons. The quantitative estimate of drug-likeness (QED) is 0.803. The standard InChI is InChI=1S/C11H17NS.C2H6/c1-8(2)10(4)12-7-11-6-5-9(3)13-11;1-2/h5-6,8,12H,4,7H2,1-3H3;1-2H3. The average Bonchev–Trinajstić information content (AvgIpc) is 2.63. The van der Waals surface area contributed by atoms with Crippen molar-refractivity contribution in [1.29, 1.82) is 0 Å². The molecule has 0 aromatic carbocycles. The van der Waals surface area contributed by atoms with E-state index in [9.17, 15) is 0 Å². The SMILES string of the molecule is C=C(NCc1ccc(C)s1)C(C)C.CC. The van der Waals surface area contributed by atoms with Crippen LogP contribution in [0.4, 0.5) is 0 Å². The van der Waals surface area contributed by atoms with Crippen molar-refractivity contribution in [3.05, 3.63) is 34.2 Å². The summed E-state index contributed by atoms with van der Waals surface area (Å²) in [7, 11) is 0. The minimum atomic E-state index is 0.515. The Balaban J connectivity index is 0.000000921. The molecule has 0 fully saturated rings. The second kappa shape index (κ2) is 7.52. The number of allylic oxidation sites excluding steroid dienone is 1. The molecule has 1 nitrogen and oxygen atoms in total. The lowest BCUT2D eigenvalue weighted by Crippen LogP contribution is -2.14. The molecule has 1 heterocycles. The zero-order chi connectivity index (χ0) is 11.8. The first-order valence-electron chi connectivity index (χ1n) is 5.57. The van der Waals surface area contributed by atoms with Crippen molar-refractivity contribution < 1.29 is 0 Å². The summed E-state index contributed by atoms with van der Waals surface area (Å²) in [5.74, 6) is 0.515. The second-order valence-electron chi connectivity index (χ2n) is 3.55. The van der Waals surface area contributed by atoms with Gasteiger partial charge in [0, 0.05) is 22.0 Å². The summed E-state index contributed by atoms with van der Waals surface area (Å²) in [6.45, 7) is 15.3. The van der Waals surface area contributed by atoms with Gasteiger partial charge in [0.1, 0.15) is 0 Å². The first-order valence-corrected chi connectivity index (χ1v) is 6.39. The lowest BCUT2D eigenvalue weighted by Gasteiger charge is -2.11. The Kier molecular flexibility index (Phi) is 7.14. The van der Waals surface area contributed by atoms with E-state index in [0.29, 0.717) is 5.92 Å². The molecule has 15 heavy (non-hydrogen) atoms. The molecule has 0 saturated heterocycles. The minimum absolute atomic E-state index is 0.515. The van der Waals surface area contributed by atoms with Crippen molar-refractivity contribution in [3.8, 4) is 0 Å². The van der Waals surface area contributed by atoms with E-state index >= 15 is 0 Å². The Bertz CT molecular complexity index is 286. The maximum Gasteiger partial charge on any atom is 0.0491 e. The molecule has 0 atom stereocenters. The Morgan fingerprint density at radius 2 is 2.00 bits per heavy atom. The molecule has 1 aromatic heterocycles. The smallest absolute Gasteiger partial charge is 0.0491 e. The van der Waals surface area contributed by atoms with E-state index in [0.717, 1.165) is 12.2 Å². The Hall–Kier alpha value is -0.760. The van der Waals surface area contributed by atoms with E-state index in [2.05, 4.69) is 44.8 Å². The first-order chi connectivity index (χ1) is 7.09. The van der Waals surface area contributed by atoms with Crippen LogP contribution in [0.25, 0.3) is 0 Å². The molecule has 0 amide bonds. The fourth-order valence-corrected chi connectivity index (χ4v) is 1.81. The summed E-state index contributed by atoms with van der Waals surface area (Å²) in [6.07, 6.45) is 0. The molecule has 0 aliphatic carbocycles. The van der Waals surface area contributed by atoms with E-state index in [1.165, 1.54) is 9.75 Å². The topological polar surface area (TPSA) is 12.0 Å². The van der Waals surface area contributed by atoms with Gasteiger partial charge in [-0.25, -0.2) is 0 Å². The van der Waals surface area contributed by atoms with Crippen molar-refractivity contribution in [2.24, 2.45) is 5.92 Å². The Labute approximate surface area is 98.2 Å². The van der Waals surface area contributed by atoms with E-state index in [-0.39, 0.29) is 0 Å². The average molecular weight is 225 g/mol. The third-order valence-corrected chi connectivity index (χ3v) is 2.98. The van der Waals surface area contributed by atoms with Gasteiger partial charge in [0.25, 0.3) is 0 Å². The summed E-state index contributed by atoms with van der Waals surface area (Å²) in [6, 6.07) is 4.32. The van der Waals surface area contributed by atoms with Gasteiger partial charge in [-0.15, -0.1) is 11.3 Å². The van der Waals surface area contributed by atoms with Crippen LogP contribution in [-0.4, -0.2) is 0 Å². The van der Waals surface area contributed by atoms with Gasteiger partial charge in [0.15, 0.2) is 0 Å². The maximum atomic E-state index is 3.97. The number of hydrogen-bond donors (Lipinski definition) is 1. The number of thiophene rings is 1. The van der Waals surface area contributed by atoms with Gasteiger partial charge < -0.3 is 5.32 Å². The van der Waals surface area contributed by atoms with E-state index in [1.54, 1.807) is 0 Å². The van der Waals surface area contributed by atoms with Crippen LogP contribution in [0.2, 0.25) is 0 Å². The molecule has 0 bridgehead atoms.